The zero-order valence-electron chi connectivity index (χ0n) is 11.6. The van der Waals surface area contributed by atoms with Gasteiger partial charge in [0.15, 0.2) is 0 Å². The summed E-state index contributed by atoms with van der Waals surface area (Å²) in [6, 6.07) is 0. The molecule has 1 aromatic heterocycles. The van der Waals surface area contributed by atoms with Crippen LogP contribution in [0.4, 0.5) is 5.69 Å². The van der Waals surface area contributed by atoms with Crippen molar-refractivity contribution in [1.82, 2.24) is 15.1 Å². The van der Waals surface area contributed by atoms with Gasteiger partial charge in [-0.3, -0.25) is 9.59 Å². The van der Waals surface area contributed by atoms with Crippen LogP contribution >= 0.6 is 11.6 Å². The Hall–Kier alpha value is -1.56. The Labute approximate surface area is 117 Å². The van der Waals surface area contributed by atoms with Crippen molar-refractivity contribution in [2.45, 2.75) is 32.7 Å². The molecule has 6 nitrogen and oxygen atoms in total. The van der Waals surface area contributed by atoms with Gasteiger partial charge in [-0.25, -0.2) is 4.68 Å². The highest BCUT2D eigenvalue weighted by Gasteiger charge is 2.13. The van der Waals surface area contributed by atoms with E-state index in [2.05, 4.69) is 15.7 Å². The lowest BCUT2D eigenvalue weighted by molar-refractivity contribution is -0.122. The van der Waals surface area contributed by atoms with E-state index in [9.17, 15) is 9.59 Å². The van der Waals surface area contributed by atoms with E-state index in [0.29, 0.717) is 18.7 Å². The van der Waals surface area contributed by atoms with Crippen molar-refractivity contribution in [3.8, 4) is 0 Å². The zero-order chi connectivity index (χ0) is 14.6. The molecule has 0 spiro atoms. The van der Waals surface area contributed by atoms with E-state index in [1.165, 1.54) is 13.2 Å². The second kappa shape index (κ2) is 6.06. The summed E-state index contributed by atoms with van der Waals surface area (Å²) >= 11 is 5.88. The van der Waals surface area contributed by atoms with E-state index in [4.69, 9.17) is 11.6 Å². The largest absolute Gasteiger partial charge is 0.382 e. The molecule has 1 amide bonds. The van der Waals surface area contributed by atoms with Crippen molar-refractivity contribution in [2.24, 2.45) is 7.05 Å². The molecule has 1 rings (SSSR count). The number of carbonyl (C=O) groups is 1. The highest BCUT2D eigenvalue weighted by atomic mass is 35.5. The van der Waals surface area contributed by atoms with Crippen LogP contribution in [0.3, 0.4) is 0 Å². The number of aryl methyl sites for hydroxylation is 1. The number of anilines is 1. The number of nitrogens with zero attached hydrogens (tertiary/aromatic N) is 2. The molecule has 1 aromatic rings. The van der Waals surface area contributed by atoms with Crippen LogP contribution in [-0.4, -0.2) is 27.8 Å². The maximum absolute atomic E-state index is 11.6. The van der Waals surface area contributed by atoms with Crippen LogP contribution in [0.1, 0.15) is 27.2 Å². The molecule has 0 aromatic carbocycles. The van der Waals surface area contributed by atoms with E-state index in [1.54, 1.807) is 0 Å². The van der Waals surface area contributed by atoms with Crippen LogP contribution in [0.5, 0.6) is 0 Å². The van der Waals surface area contributed by atoms with E-state index >= 15 is 0 Å². The summed E-state index contributed by atoms with van der Waals surface area (Å²) in [6.45, 7) is 6.14. The third-order valence-electron chi connectivity index (χ3n) is 2.26. The molecular formula is C12H19ClN4O2. The summed E-state index contributed by atoms with van der Waals surface area (Å²) in [6.07, 6.45) is 1.76. The SMILES string of the molecule is Cn1ncc(NCCC(=O)NC(C)(C)C)c(Cl)c1=O. The maximum Gasteiger partial charge on any atom is 0.287 e. The molecule has 1 heterocycles. The molecule has 7 heteroatoms. The second-order valence-corrected chi connectivity index (χ2v) is 5.65. The lowest BCUT2D eigenvalue weighted by atomic mass is 10.1. The fourth-order valence-electron chi connectivity index (χ4n) is 1.43. The molecule has 0 aliphatic heterocycles. The fourth-order valence-corrected chi connectivity index (χ4v) is 1.66. The summed E-state index contributed by atoms with van der Waals surface area (Å²) in [5.74, 6) is -0.0621. The third kappa shape index (κ3) is 4.90. The Balaban J connectivity index is 2.53. The number of nitrogens with one attached hydrogen (secondary N) is 2. The van der Waals surface area contributed by atoms with Crippen molar-refractivity contribution in [3.05, 3.63) is 21.6 Å². The van der Waals surface area contributed by atoms with Gasteiger partial charge in [-0.15, -0.1) is 0 Å². The van der Waals surface area contributed by atoms with Crippen molar-refractivity contribution in [3.63, 3.8) is 0 Å². The first-order chi connectivity index (χ1) is 8.70. The van der Waals surface area contributed by atoms with Crippen LogP contribution in [0, 0.1) is 0 Å². The molecular weight excluding hydrogens is 268 g/mol. The number of hydrogen-bond donors (Lipinski definition) is 2. The van der Waals surface area contributed by atoms with Gasteiger partial charge in [-0.05, 0) is 20.8 Å². The fraction of sp³-hybridized carbons (Fsp3) is 0.583. The van der Waals surface area contributed by atoms with Gasteiger partial charge in [0.25, 0.3) is 5.56 Å². The Morgan fingerprint density at radius 1 is 1.47 bits per heavy atom. The van der Waals surface area contributed by atoms with E-state index in [0.717, 1.165) is 4.68 Å². The monoisotopic (exact) mass is 286 g/mol. The molecule has 0 aliphatic carbocycles. The first kappa shape index (κ1) is 15.5. The summed E-state index contributed by atoms with van der Waals surface area (Å²) in [7, 11) is 1.52. The Morgan fingerprint density at radius 2 is 2.11 bits per heavy atom. The van der Waals surface area contributed by atoms with Gasteiger partial charge in [0.2, 0.25) is 5.91 Å². The van der Waals surface area contributed by atoms with E-state index in [1.807, 2.05) is 20.8 Å². The predicted octanol–water partition coefficient (Wildman–Crippen LogP) is 1.15. The van der Waals surface area contributed by atoms with Gasteiger partial charge < -0.3 is 10.6 Å². The van der Waals surface area contributed by atoms with Crippen molar-refractivity contribution in [1.29, 1.82) is 0 Å². The third-order valence-corrected chi connectivity index (χ3v) is 2.63. The summed E-state index contributed by atoms with van der Waals surface area (Å²) in [4.78, 5) is 23.1. The number of hydrogen-bond acceptors (Lipinski definition) is 4. The van der Waals surface area contributed by atoms with E-state index in [-0.39, 0.29) is 22.0 Å². The lowest BCUT2D eigenvalue weighted by Crippen LogP contribution is -2.41. The quantitative estimate of drug-likeness (QED) is 0.871. The Morgan fingerprint density at radius 3 is 2.68 bits per heavy atom. The van der Waals surface area contributed by atoms with Gasteiger partial charge in [0.1, 0.15) is 5.02 Å². The van der Waals surface area contributed by atoms with Crippen LogP contribution in [0.15, 0.2) is 11.0 Å². The zero-order valence-corrected chi connectivity index (χ0v) is 12.3. The average molecular weight is 287 g/mol. The van der Waals surface area contributed by atoms with Crippen LogP contribution in [0.25, 0.3) is 0 Å². The topological polar surface area (TPSA) is 76.0 Å². The number of carbonyl (C=O) groups excluding carboxylic acids is 1. The molecule has 2 N–H and O–H groups in total. The lowest BCUT2D eigenvalue weighted by Gasteiger charge is -2.20. The predicted molar refractivity (Wildman–Crippen MR) is 75.5 cm³/mol. The smallest absolute Gasteiger partial charge is 0.287 e. The highest BCUT2D eigenvalue weighted by Crippen LogP contribution is 2.14. The number of amides is 1. The number of rotatable bonds is 4. The first-order valence-corrected chi connectivity index (χ1v) is 6.35. The molecule has 0 aliphatic rings. The maximum atomic E-state index is 11.6. The molecule has 19 heavy (non-hydrogen) atoms. The molecule has 0 saturated carbocycles. The standard InChI is InChI=1S/C12H19ClN4O2/c1-12(2,3)16-9(18)5-6-14-8-7-15-17(4)11(19)10(8)13/h7,14H,5-6H2,1-4H3,(H,16,18). The molecule has 0 saturated heterocycles. The Bertz CT molecular complexity index is 519. The molecule has 0 bridgehead atoms. The van der Waals surface area contributed by atoms with Gasteiger partial charge in [0.05, 0.1) is 11.9 Å². The normalized spacial score (nSPS) is 11.2. The summed E-state index contributed by atoms with van der Waals surface area (Å²) in [5, 5.41) is 9.71. The molecule has 0 atom stereocenters. The first-order valence-electron chi connectivity index (χ1n) is 5.97. The van der Waals surface area contributed by atoms with Gasteiger partial charge in [-0.1, -0.05) is 11.6 Å². The summed E-state index contributed by atoms with van der Waals surface area (Å²) < 4.78 is 1.15. The highest BCUT2D eigenvalue weighted by molar-refractivity contribution is 6.32. The molecule has 0 radical (unpaired) electrons. The molecule has 0 unspecified atom stereocenters. The van der Waals surface area contributed by atoms with Crippen LogP contribution < -0.4 is 16.2 Å². The molecule has 0 fully saturated rings. The van der Waals surface area contributed by atoms with Crippen molar-refractivity contribution in [2.75, 3.05) is 11.9 Å². The van der Waals surface area contributed by atoms with E-state index < -0.39 is 0 Å². The van der Waals surface area contributed by atoms with Crippen LogP contribution in [-0.2, 0) is 11.8 Å². The van der Waals surface area contributed by atoms with Gasteiger partial charge in [0, 0.05) is 25.6 Å². The number of aromatic nitrogens is 2. The summed E-state index contributed by atoms with van der Waals surface area (Å²) in [5.41, 5.74) is -0.182. The second-order valence-electron chi connectivity index (χ2n) is 5.28. The van der Waals surface area contributed by atoms with Crippen molar-refractivity contribution < 1.29 is 4.79 Å². The van der Waals surface area contributed by atoms with Gasteiger partial charge in [-0.2, -0.15) is 5.10 Å². The Kier molecular flexibility index (Phi) is 4.94. The van der Waals surface area contributed by atoms with Gasteiger partial charge >= 0.3 is 0 Å². The minimum absolute atomic E-state index is 0.0621. The average Bonchev–Trinajstić information content (AvgIpc) is 2.27. The minimum atomic E-state index is -0.370. The molecule has 106 valence electrons. The van der Waals surface area contributed by atoms with Crippen molar-refractivity contribution >= 4 is 23.2 Å². The van der Waals surface area contributed by atoms with Crippen LogP contribution in [0.2, 0.25) is 5.02 Å². The minimum Gasteiger partial charge on any atom is -0.382 e. The number of halogens is 1.